The number of carbonyl (C=O) groups is 3. The molecule has 2 atom stereocenters. The molecule has 0 spiro atoms. The molecule has 0 aliphatic carbocycles. The van der Waals surface area contributed by atoms with Crippen LogP contribution in [0.5, 0.6) is 0 Å². The van der Waals surface area contributed by atoms with Crippen LogP contribution in [0.25, 0.3) is 0 Å². The number of amides is 1. The van der Waals surface area contributed by atoms with Gasteiger partial charge in [0.1, 0.15) is 6.04 Å². The maximum atomic E-state index is 12.9. The minimum absolute atomic E-state index is 0.0977. The Balaban J connectivity index is 2.38. The van der Waals surface area contributed by atoms with Crippen molar-refractivity contribution in [2.75, 3.05) is 20.8 Å². The van der Waals surface area contributed by atoms with Crippen LogP contribution < -0.4 is 0 Å². The summed E-state index contributed by atoms with van der Waals surface area (Å²) in [5.41, 5.74) is 0.767. The molecular formula is C17H23NO6. The van der Waals surface area contributed by atoms with Crippen LogP contribution in [0.1, 0.15) is 48.7 Å². The minimum atomic E-state index is -1.01. The van der Waals surface area contributed by atoms with Crippen molar-refractivity contribution in [3.63, 3.8) is 0 Å². The van der Waals surface area contributed by atoms with Crippen LogP contribution in [-0.2, 0) is 19.1 Å². The number of likely N-dealkylation sites (tertiary alicyclic amines) is 1. The Bertz CT molecular complexity index is 620. The third-order valence-electron chi connectivity index (χ3n) is 4.35. The smallest absolute Gasteiger partial charge is 0.329 e. The highest BCUT2D eigenvalue weighted by atomic mass is 16.5. The molecule has 2 rings (SSSR count). The van der Waals surface area contributed by atoms with Gasteiger partial charge in [0.05, 0.1) is 26.4 Å². The van der Waals surface area contributed by atoms with Crippen LogP contribution >= 0.6 is 0 Å². The van der Waals surface area contributed by atoms with Crippen LogP contribution in [0.3, 0.4) is 0 Å². The van der Waals surface area contributed by atoms with Crippen molar-refractivity contribution in [1.82, 2.24) is 4.90 Å². The van der Waals surface area contributed by atoms with Crippen molar-refractivity contribution in [2.24, 2.45) is 5.92 Å². The Morgan fingerprint density at radius 1 is 1.21 bits per heavy atom. The lowest BCUT2D eigenvalue weighted by molar-refractivity contribution is -0.160. The molecule has 1 amide bonds. The number of nitrogens with zero attached hydrogens (tertiary/aromatic N) is 1. The van der Waals surface area contributed by atoms with Gasteiger partial charge in [-0.25, -0.2) is 4.79 Å². The summed E-state index contributed by atoms with van der Waals surface area (Å²) in [5.74, 6) is -2.00. The van der Waals surface area contributed by atoms with Crippen molar-refractivity contribution in [2.45, 2.75) is 38.6 Å². The largest absolute Gasteiger partial charge is 0.469 e. The quantitative estimate of drug-likeness (QED) is 0.781. The summed E-state index contributed by atoms with van der Waals surface area (Å²) in [5, 5.41) is 0. The minimum Gasteiger partial charge on any atom is -0.469 e. The number of rotatable bonds is 4. The summed E-state index contributed by atoms with van der Waals surface area (Å²) in [6, 6.07) is 0.737. The molecule has 1 aliphatic heterocycles. The molecule has 0 unspecified atom stereocenters. The second-order valence-electron chi connectivity index (χ2n) is 6.10. The number of hydrogen-bond acceptors (Lipinski definition) is 6. The van der Waals surface area contributed by atoms with E-state index in [-0.39, 0.29) is 11.7 Å². The number of esters is 2. The lowest BCUT2D eigenvalue weighted by Crippen LogP contribution is -2.55. The topological polar surface area (TPSA) is 86.1 Å². The third kappa shape index (κ3) is 3.29. The zero-order chi connectivity index (χ0) is 17.9. The molecule has 0 radical (unpaired) electrons. The highest BCUT2D eigenvalue weighted by Crippen LogP contribution is 2.29. The summed E-state index contributed by atoms with van der Waals surface area (Å²) < 4.78 is 15.0. The Morgan fingerprint density at radius 2 is 1.88 bits per heavy atom. The van der Waals surface area contributed by atoms with E-state index in [1.807, 2.05) is 13.8 Å². The molecule has 7 heteroatoms. The predicted octanol–water partition coefficient (Wildman–Crippen LogP) is 1.97. The lowest BCUT2D eigenvalue weighted by atomic mass is 9.88. The molecule has 0 saturated carbocycles. The predicted molar refractivity (Wildman–Crippen MR) is 84.4 cm³/mol. The number of ether oxygens (including phenoxy) is 2. The molecule has 24 heavy (non-hydrogen) atoms. The highest BCUT2D eigenvalue weighted by molar-refractivity contribution is 5.97. The van der Waals surface area contributed by atoms with Crippen LogP contribution in [0, 0.1) is 5.92 Å². The summed E-state index contributed by atoms with van der Waals surface area (Å²) in [7, 11) is 2.50. The Hall–Kier alpha value is -2.31. The summed E-state index contributed by atoms with van der Waals surface area (Å²) in [6.45, 7) is 4.25. The SMILES string of the molecule is COC(=O)[C@@H]1[C@H](C(=O)OC)CCCN1C(=O)c1occc1C(C)C. The molecule has 0 bridgehead atoms. The standard InChI is InChI=1S/C17H23NO6/c1-10(2)11-7-9-24-14(11)15(19)18-8-5-6-12(16(20)22-3)13(18)17(21)23-4/h7,9-10,12-13H,5-6,8H2,1-4H3/t12-,13+/m1/s1. The van der Waals surface area contributed by atoms with E-state index < -0.39 is 29.8 Å². The molecule has 132 valence electrons. The van der Waals surface area contributed by atoms with Crippen molar-refractivity contribution in [3.8, 4) is 0 Å². The van der Waals surface area contributed by atoms with Gasteiger partial charge >= 0.3 is 11.9 Å². The van der Waals surface area contributed by atoms with Gasteiger partial charge in [-0.3, -0.25) is 9.59 Å². The normalized spacial score (nSPS) is 20.8. The van der Waals surface area contributed by atoms with Crippen molar-refractivity contribution in [1.29, 1.82) is 0 Å². The second-order valence-corrected chi connectivity index (χ2v) is 6.10. The fraction of sp³-hybridized carbons (Fsp3) is 0.588. The van der Waals surface area contributed by atoms with E-state index in [1.165, 1.54) is 25.4 Å². The third-order valence-corrected chi connectivity index (χ3v) is 4.35. The number of hydrogen-bond donors (Lipinski definition) is 0. The van der Waals surface area contributed by atoms with Crippen LogP contribution in [0.4, 0.5) is 0 Å². The van der Waals surface area contributed by atoms with Crippen molar-refractivity contribution < 1.29 is 28.3 Å². The number of piperidine rings is 1. The number of methoxy groups -OCH3 is 2. The summed E-state index contributed by atoms with van der Waals surface area (Å²) in [6.07, 6.45) is 2.51. The Kier molecular flexibility index (Phi) is 5.64. The first-order valence-electron chi connectivity index (χ1n) is 7.96. The molecule has 0 N–H and O–H groups in total. The fourth-order valence-corrected chi connectivity index (χ4v) is 3.11. The monoisotopic (exact) mass is 337 g/mol. The number of carbonyl (C=O) groups excluding carboxylic acids is 3. The molecule has 2 heterocycles. The zero-order valence-corrected chi connectivity index (χ0v) is 14.4. The van der Waals surface area contributed by atoms with E-state index in [2.05, 4.69) is 0 Å². The molecule has 1 aromatic rings. The first-order chi connectivity index (χ1) is 11.4. The molecule has 1 saturated heterocycles. The van der Waals surface area contributed by atoms with Gasteiger partial charge in [0.15, 0.2) is 5.76 Å². The summed E-state index contributed by atoms with van der Waals surface area (Å²) >= 11 is 0. The molecule has 7 nitrogen and oxygen atoms in total. The Labute approximate surface area is 140 Å². The van der Waals surface area contributed by atoms with Gasteiger partial charge in [0.25, 0.3) is 5.91 Å². The maximum Gasteiger partial charge on any atom is 0.329 e. The Morgan fingerprint density at radius 3 is 2.46 bits per heavy atom. The lowest BCUT2D eigenvalue weighted by Gasteiger charge is -2.37. The number of furan rings is 1. The van der Waals surface area contributed by atoms with E-state index in [0.717, 1.165) is 5.56 Å². The van der Waals surface area contributed by atoms with E-state index in [4.69, 9.17) is 13.9 Å². The van der Waals surface area contributed by atoms with Gasteiger partial charge in [-0.2, -0.15) is 0 Å². The van der Waals surface area contributed by atoms with Crippen molar-refractivity contribution >= 4 is 17.8 Å². The van der Waals surface area contributed by atoms with E-state index >= 15 is 0 Å². The highest BCUT2D eigenvalue weighted by Gasteiger charge is 2.45. The molecule has 1 aromatic heterocycles. The van der Waals surface area contributed by atoms with Crippen LogP contribution in [0.2, 0.25) is 0 Å². The second kappa shape index (κ2) is 7.51. The average molecular weight is 337 g/mol. The van der Waals surface area contributed by atoms with Crippen molar-refractivity contribution in [3.05, 3.63) is 23.7 Å². The van der Waals surface area contributed by atoms with Gasteiger partial charge in [0, 0.05) is 12.1 Å². The molecule has 0 aromatic carbocycles. The maximum absolute atomic E-state index is 12.9. The first-order valence-corrected chi connectivity index (χ1v) is 7.96. The van der Waals surface area contributed by atoms with Gasteiger partial charge in [-0.1, -0.05) is 13.8 Å². The fourth-order valence-electron chi connectivity index (χ4n) is 3.11. The molecule has 1 fully saturated rings. The average Bonchev–Trinajstić information content (AvgIpc) is 3.09. The van der Waals surface area contributed by atoms with Gasteiger partial charge < -0.3 is 18.8 Å². The zero-order valence-electron chi connectivity index (χ0n) is 14.4. The van der Waals surface area contributed by atoms with E-state index in [9.17, 15) is 14.4 Å². The molecule has 1 aliphatic rings. The van der Waals surface area contributed by atoms with E-state index in [1.54, 1.807) is 6.07 Å². The first kappa shape index (κ1) is 18.0. The van der Waals surface area contributed by atoms with E-state index in [0.29, 0.717) is 19.4 Å². The van der Waals surface area contributed by atoms with Crippen LogP contribution in [0.15, 0.2) is 16.7 Å². The summed E-state index contributed by atoms with van der Waals surface area (Å²) in [4.78, 5) is 38.6. The molecular weight excluding hydrogens is 314 g/mol. The van der Waals surface area contributed by atoms with Crippen LogP contribution in [-0.4, -0.2) is 49.6 Å². The van der Waals surface area contributed by atoms with Gasteiger partial charge in [-0.15, -0.1) is 0 Å². The van der Waals surface area contributed by atoms with Gasteiger partial charge in [0.2, 0.25) is 0 Å². The van der Waals surface area contributed by atoms with Gasteiger partial charge in [-0.05, 0) is 24.8 Å².